The molecule has 0 unspecified atom stereocenters. The summed E-state index contributed by atoms with van der Waals surface area (Å²) >= 11 is 6.11. The Morgan fingerprint density at radius 2 is 1.68 bits per heavy atom. The molecule has 0 aromatic heterocycles. The number of likely N-dealkylation sites (N-methyl/N-ethyl adjacent to an activating group) is 1. The summed E-state index contributed by atoms with van der Waals surface area (Å²) in [5.41, 5.74) is 1.44. The quantitative estimate of drug-likeness (QED) is 0.405. The van der Waals surface area contributed by atoms with Crippen molar-refractivity contribution in [3.8, 4) is 0 Å². The predicted octanol–water partition coefficient (Wildman–Crippen LogP) is 4.54. The normalized spacial score (nSPS) is 12.0. The van der Waals surface area contributed by atoms with Crippen LogP contribution in [0.3, 0.4) is 0 Å². The summed E-state index contributed by atoms with van der Waals surface area (Å²) in [4.78, 5) is 27.8. The van der Waals surface area contributed by atoms with Gasteiger partial charge in [-0.3, -0.25) is 13.9 Å². The number of sulfonamides is 1. The molecule has 0 saturated carbocycles. The van der Waals surface area contributed by atoms with E-state index in [0.717, 1.165) is 4.31 Å². The van der Waals surface area contributed by atoms with E-state index in [1.165, 1.54) is 48.3 Å². The Hall–Kier alpha value is -3.43. The Balaban J connectivity index is 2.08. The van der Waals surface area contributed by atoms with E-state index in [0.29, 0.717) is 16.1 Å². The molecule has 3 aromatic rings. The number of amides is 2. The summed E-state index contributed by atoms with van der Waals surface area (Å²) in [5.74, 6) is -1.41. The monoisotopic (exact) mass is 545 g/mol. The number of halogens is 2. The van der Waals surface area contributed by atoms with Gasteiger partial charge in [-0.1, -0.05) is 48.9 Å². The second kappa shape index (κ2) is 12.2. The van der Waals surface area contributed by atoms with E-state index in [4.69, 9.17) is 11.6 Å². The van der Waals surface area contributed by atoms with E-state index < -0.39 is 40.2 Å². The van der Waals surface area contributed by atoms with Crippen molar-refractivity contribution in [2.45, 2.75) is 37.8 Å². The summed E-state index contributed by atoms with van der Waals surface area (Å²) in [5, 5.41) is 2.99. The highest BCUT2D eigenvalue weighted by Gasteiger charge is 2.33. The van der Waals surface area contributed by atoms with Crippen molar-refractivity contribution in [3.05, 3.63) is 94.8 Å². The van der Waals surface area contributed by atoms with Gasteiger partial charge < -0.3 is 10.2 Å². The molecule has 0 aliphatic carbocycles. The van der Waals surface area contributed by atoms with Crippen LogP contribution in [0.25, 0.3) is 0 Å². The average Bonchev–Trinajstić information content (AvgIpc) is 2.88. The van der Waals surface area contributed by atoms with Crippen molar-refractivity contribution in [2.75, 3.05) is 17.9 Å². The largest absolute Gasteiger partial charge is 0.357 e. The minimum atomic E-state index is -4.16. The molecule has 0 spiro atoms. The van der Waals surface area contributed by atoms with Crippen LogP contribution in [-0.4, -0.2) is 44.8 Å². The first-order valence-electron chi connectivity index (χ1n) is 11.7. The molecular weight excluding hydrogens is 517 g/mol. The zero-order chi connectivity index (χ0) is 27.2. The standard InChI is InChI=1S/C27H29ClFN3O4S/c1-4-24(27(34)30-3)31(17-20-10-13-22(29)14-11-20)26(33)18-32(25-15-12-21(28)16-19(25)2)37(35,36)23-8-6-5-7-9-23/h5-16,24H,4,17-18H2,1-3H3,(H,30,34)/t24-/m1/s1. The van der Waals surface area contributed by atoms with E-state index in [-0.39, 0.29) is 23.5 Å². The van der Waals surface area contributed by atoms with Gasteiger partial charge in [-0.25, -0.2) is 12.8 Å². The number of carbonyl (C=O) groups is 2. The third kappa shape index (κ3) is 6.67. The van der Waals surface area contributed by atoms with Crippen LogP contribution in [0.5, 0.6) is 0 Å². The second-order valence-electron chi connectivity index (χ2n) is 8.44. The first-order chi connectivity index (χ1) is 17.6. The third-order valence-corrected chi connectivity index (χ3v) is 7.95. The Morgan fingerprint density at radius 1 is 1.03 bits per heavy atom. The molecule has 0 aliphatic heterocycles. The van der Waals surface area contributed by atoms with Crippen molar-refractivity contribution in [1.29, 1.82) is 0 Å². The zero-order valence-corrected chi connectivity index (χ0v) is 22.4. The summed E-state index contributed by atoms with van der Waals surface area (Å²) in [6, 6.07) is 17.2. The molecule has 0 radical (unpaired) electrons. The van der Waals surface area contributed by atoms with Crippen LogP contribution in [0, 0.1) is 12.7 Å². The van der Waals surface area contributed by atoms with Crippen LogP contribution in [0.15, 0.2) is 77.7 Å². The fraction of sp³-hybridized carbons (Fsp3) is 0.259. The van der Waals surface area contributed by atoms with Gasteiger partial charge >= 0.3 is 0 Å². The molecule has 7 nitrogen and oxygen atoms in total. The van der Waals surface area contributed by atoms with Gasteiger partial charge in [0.15, 0.2) is 0 Å². The van der Waals surface area contributed by atoms with Crippen molar-refractivity contribution in [1.82, 2.24) is 10.2 Å². The molecule has 0 aliphatic rings. The van der Waals surface area contributed by atoms with Crippen molar-refractivity contribution >= 4 is 39.1 Å². The number of aryl methyl sites for hydroxylation is 1. The second-order valence-corrected chi connectivity index (χ2v) is 10.7. The number of hydrogen-bond acceptors (Lipinski definition) is 4. The molecule has 1 atom stereocenters. The summed E-state index contributed by atoms with van der Waals surface area (Å²) in [6.45, 7) is 2.89. The van der Waals surface area contributed by atoms with Crippen LogP contribution in [0.1, 0.15) is 24.5 Å². The fourth-order valence-electron chi connectivity index (χ4n) is 4.00. The number of rotatable bonds is 10. The van der Waals surface area contributed by atoms with Gasteiger partial charge in [-0.15, -0.1) is 0 Å². The van der Waals surface area contributed by atoms with E-state index in [2.05, 4.69) is 5.32 Å². The molecule has 0 fully saturated rings. The Kier molecular flexibility index (Phi) is 9.29. The molecule has 0 saturated heterocycles. The first-order valence-corrected chi connectivity index (χ1v) is 13.5. The van der Waals surface area contributed by atoms with Crippen LogP contribution >= 0.6 is 11.6 Å². The minimum Gasteiger partial charge on any atom is -0.357 e. The molecule has 0 bridgehead atoms. The zero-order valence-electron chi connectivity index (χ0n) is 20.8. The lowest BCUT2D eigenvalue weighted by atomic mass is 10.1. The van der Waals surface area contributed by atoms with Crippen LogP contribution in [0.4, 0.5) is 10.1 Å². The lowest BCUT2D eigenvalue weighted by molar-refractivity contribution is -0.140. The van der Waals surface area contributed by atoms with E-state index in [1.54, 1.807) is 50.2 Å². The van der Waals surface area contributed by atoms with Gasteiger partial charge in [-0.05, 0) is 66.9 Å². The number of nitrogens with zero attached hydrogens (tertiary/aromatic N) is 2. The van der Waals surface area contributed by atoms with E-state index in [1.807, 2.05) is 0 Å². The van der Waals surface area contributed by atoms with Gasteiger partial charge in [0.1, 0.15) is 18.4 Å². The summed E-state index contributed by atoms with van der Waals surface area (Å²) in [7, 11) is -2.70. The maximum atomic E-state index is 13.8. The number of hydrogen-bond donors (Lipinski definition) is 1. The lowest BCUT2D eigenvalue weighted by Gasteiger charge is -2.33. The molecule has 3 rings (SSSR count). The Morgan fingerprint density at radius 3 is 2.24 bits per heavy atom. The van der Waals surface area contributed by atoms with Gasteiger partial charge in [0.25, 0.3) is 10.0 Å². The van der Waals surface area contributed by atoms with Gasteiger partial charge in [-0.2, -0.15) is 0 Å². The first kappa shape index (κ1) is 28.1. The van der Waals surface area contributed by atoms with E-state index in [9.17, 15) is 22.4 Å². The Bertz CT molecular complexity index is 1350. The van der Waals surface area contributed by atoms with Crippen LogP contribution < -0.4 is 9.62 Å². The van der Waals surface area contributed by atoms with Crippen molar-refractivity contribution < 1.29 is 22.4 Å². The number of benzene rings is 3. The highest BCUT2D eigenvalue weighted by molar-refractivity contribution is 7.92. The molecule has 10 heteroatoms. The smallest absolute Gasteiger partial charge is 0.264 e. The number of carbonyl (C=O) groups excluding carboxylic acids is 2. The molecule has 3 aromatic carbocycles. The molecule has 0 heterocycles. The van der Waals surface area contributed by atoms with Gasteiger partial charge in [0.05, 0.1) is 10.6 Å². The van der Waals surface area contributed by atoms with E-state index >= 15 is 0 Å². The summed E-state index contributed by atoms with van der Waals surface area (Å²) < 4.78 is 42.0. The van der Waals surface area contributed by atoms with Crippen molar-refractivity contribution in [2.24, 2.45) is 0 Å². The van der Waals surface area contributed by atoms with Crippen LogP contribution in [0.2, 0.25) is 5.02 Å². The summed E-state index contributed by atoms with van der Waals surface area (Å²) in [6.07, 6.45) is 0.290. The predicted molar refractivity (Wildman–Crippen MR) is 142 cm³/mol. The minimum absolute atomic E-state index is 0.0101. The Labute approximate surface area is 221 Å². The lowest BCUT2D eigenvalue weighted by Crippen LogP contribution is -2.51. The third-order valence-electron chi connectivity index (χ3n) is 5.94. The molecular formula is C27H29ClFN3O4S. The highest BCUT2D eigenvalue weighted by atomic mass is 35.5. The molecule has 1 N–H and O–H groups in total. The van der Waals surface area contributed by atoms with Crippen molar-refractivity contribution in [3.63, 3.8) is 0 Å². The maximum Gasteiger partial charge on any atom is 0.264 e. The maximum absolute atomic E-state index is 13.8. The molecule has 2 amide bonds. The van der Waals surface area contributed by atoms with Crippen LogP contribution in [-0.2, 0) is 26.2 Å². The van der Waals surface area contributed by atoms with Gasteiger partial charge in [0, 0.05) is 18.6 Å². The number of anilines is 1. The molecule has 37 heavy (non-hydrogen) atoms. The topological polar surface area (TPSA) is 86.8 Å². The number of nitrogens with one attached hydrogen (secondary N) is 1. The SMILES string of the molecule is CC[C@H](C(=O)NC)N(Cc1ccc(F)cc1)C(=O)CN(c1ccc(Cl)cc1C)S(=O)(=O)c1ccccc1. The molecule has 196 valence electrons. The fourth-order valence-corrected chi connectivity index (χ4v) is 5.73. The average molecular weight is 546 g/mol. The highest BCUT2D eigenvalue weighted by Crippen LogP contribution is 2.29. The van der Waals surface area contributed by atoms with Gasteiger partial charge in [0.2, 0.25) is 11.8 Å².